The van der Waals surface area contributed by atoms with Crippen LogP contribution in [-0.2, 0) is 0 Å². The van der Waals surface area contributed by atoms with E-state index in [1.807, 2.05) is 6.07 Å². The number of aromatic nitrogens is 4. The molecule has 0 bridgehead atoms. The first kappa shape index (κ1) is 13.9. The van der Waals surface area contributed by atoms with Crippen molar-refractivity contribution in [3.05, 3.63) is 71.8 Å². The smallest absolute Gasteiger partial charge is 0.197 e. The van der Waals surface area contributed by atoms with E-state index < -0.39 is 11.6 Å². The summed E-state index contributed by atoms with van der Waals surface area (Å²) in [6, 6.07) is 7.64. The Labute approximate surface area is 131 Å². The normalized spacial score (nSPS) is 19.6. The van der Waals surface area contributed by atoms with Gasteiger partial charge in [0.05, 0.1) is 0 Å². The van der Waals surface area contributed by atoms with Crippen molar-refractivity contribution in [1.82, 2.24) is 19.9 Å². The summed E-state index contributed by atoms with van der Waals surface area (Å²) in [5, 5.41) is 0. The molecule has 0 spiro atoms. The van der Waals surface area contributed by atoms with E-state index in [9.17, 15) is 8.78 Å². The zero-order chi connectivity index (χ0) is 15.8. The molecule has 0 aliphatic heterocycles. The number of hydrogen-bond acceptors (Lipinski definition) is 4. The number of benzene rings is 1. The maximum atomic E-state index is 13.4. The molecule has 1 aliphatic carbocycles. The van der Waals surface area contributed by atoms with Gasteiger partial charge in [0.2, 0.25) is 0 Å². The first-order valence-corrected chi connectivity index (χ1v) is 7.27. The van der Waals surface area contributed by atoms with Gasteiger partial charge in [0.15, 0.2) is 23.3 Å². The Morgan fingerprint density at radius 2 is 1.61 bits per heavy atom. The largest absolute Gasteiger partial charge is 0.234 e. The highest BCUT2D eigenvalue weighted by Crippen LogP contribution is 2.54. The summed E-state index contributed by atoms with van der Waals surface area (Å²) in [6.07, 6.45) is 5.81. The van der Waals surface area contributed by atoms with Crippen LogP contribution in [0.15, 0.2) is 48.9 Å². The minimum absolute atomic E-state index is 0.157. The third kappa shape index (κ3) is 2.67. The highest BCUT2D eigenvalue weighted by atomic mass is 19.2. The zero-order valence-corrected chi connectivity index (χ0v) is 12.0. The van der Waals surface area contributed by atoms with E-state index in [1.165, 1.54) is 12.1 Å². The van der Waals surface area contributed by atoms with Crippen LogP contribution in [-0.4, -0.2) is 19.9 Å². The zero-order valence-electron chi connectivity index (χ0n) is 12.0. The van der Waals surface area contributed by atoms with Gasteiger partial charge in [0, 0.05) is 30.2 Å². The monoisotopic (exact) mass is 310 g/mol. The topological polar surface area (TPSA) is 51.6 Å². The Kier molecular flexibility index (Phi) is 3.29. The lowest BCUT2D eigenvalue weighted by Gasteiger charge is -2.03. The van der Waals surface area contributed by atoms with Crippen molar-refractivity contribution in [2.45, 2.75) is 18.3 Å². The average Bonchev–Trinajstić information content (AvgIpc) is 3.39. The van der Waals surface area contributed by atoms with Gasteiger partial charge in [-0.1, -0.05) is 6.07 Å². The van der Waals surface area contributed by atoms with Gasteiger partial charge in [-0.2, -0.15) is 0 Å². The molecule has 1 aromatic carbocycles. The Bertz CT molecular complexity index is 854. The van der Waals surface area contributed by atoms with E-state index in [-0.39, 0.29) is 11.8 Å². The summed E-state index contributed by atoms with van der Waals surface area (Å²) < 4.78 is 26.4. The molecule has 4 nitrogen and oxygen atoms in total. The fraction of sp³-hybridized carbons (Fsp3) is 0.176. The summed E-state index contributed by atoms with van der Waals surface area (Å²) >= 11 is 0. The van der Waals surface area contributed by atoms with Crippen molar-refractivity contribution < 1.29 is 8.78 Å². The number of nitrogens with zero attached hydrogens (tertiary/aromatic N) is 4. The van der Waals surface area contributed by atoms with Crippen LogP contribution in [0.25, 0.3) is 11.6 Å². The molecule has 1 fully saturated rings. The molecule has 3 aromatic rings. The SMILES string of the molecule is Fc1ccc(C2CC2c2ccnc(-c3ncccn3)n2)cc1F. The molecule has 0 N–H and O–H groups in total. The molecule has 4 rings (SSSR count). The number of hydrogen-bond donors (Lipinski definition) is 0. The summed E-state index contributed by atoms with van der Waals surface area (Å²) in [5.74, 6) is -0.348. The molecule has 2 atom stereocenters. The lowest BCUT2D eigenvalue weighted by molar-refractivity contribution is 0.507. The Hall–Kier alpha value is -2.76. The van der Waals surface area contributed by atoms with Crippen LogP contribution >= 0.6 is 0 Å². The first-order valence-electron chi connectivity index (χ1n) is 7.27. The molecule has 2 aromatic heterocycles. The van der Waals surface area contributed by atoms with Crippen LogP contribution in [0.2, 0.25) is 0 Å². The van der Waals surface area contributed by atoms with Crippen molar-refractivity contribution in [1.29, 1.82) is 0 Å². The van der Waals surface area contributed by atoms with Crippen molar-refractivity contribution in [2.24, 2.45) is 0 Å². The molecule has 0 radical (unpaired) electrons. The molecule has 0 amide bonds. The second-order valence-corrected chi connectivity index (χ2v) is 5.50. The van der Waals surface area contributed by atoms with E-state index in [4.69, 9.17) is 0 Å². The van der Waals surface area contributed by atoms with E-state index in [1.54, 1.807) is 30.7 Å². The average molecular weight is 310 g/mol. The number of halogens is 2. The summed E-state index contributed by atoms with van der Waals surface area (Å²) in [5.41, 5.74) is 1.67. The van der Waals surface area contributed by atoms with Gasteiger partial charge >= 0.3 is 0 Å². The van der Waals surface area contributed by atoms with Gasteiger partial charge in [-0.05, 0) is 42.2 Å². The van der Waals surface area contributed by atoms with Gasteiger partial charge in [-0.15, -0.1) is 0 Å². The fourth-order valence-electron chi connectivity index (χ4n) is 2.73. The van der Waals surface area contributed by atoms with Crippen LogP contribution in [0.1, 0.15) is 29.5 Å². The molecule has 0 saturated heterocycles. The molecular formula is C17H12F2N4. The molecule has 6 heteroatoms. The molecular weight excluding hydrogens is 298 g/mol. The highest BCUT2D eigenvalue weighted by molar-refractivity contribution is 5.43. The third-order valence-electron chi connectivity index (χ3n) is 3.99. The van der Waals surface area contributed by atoms with E-state index in [0.29, 0.717) is 11.6 Å². The summed E-state index contributed by atoms with van der Waals surface area (Å²) in [4.78, 5) is 17.0. The Morgan fingerprint density at radius 1 is 0.826 bits per heavy atom. The predicted octanol–water partition coefficient (Wildman–Crippen LogP) is 3.48. The van der Waals surface area contributed by atoms with Crippen LogP contribution in [0.3, 0.4) is 0 Å². The van der Waals surface area contributed by atoms with Crippen molar-refractivity contribution in [2.75, 3.05) is 0 Å². The van der Waals surface area contributed by atoms with E-state index >= 15 is 0 Å². The minimum Gasteiger partial charge on any atom is -0.234 e. The maximum Gasteiger partial charge on any atom is 0.197 e. The lowest BCUT2D eigenvalue weighted by atomic mass is 10.1. The van der Waals surface area contributed by atoms with Crippen LogP contribution in [0.4, 0.5) is 8.78 Å². The maximum absolute atomic E-state index is 13.4. The second kappa shape index (κ2) is 5.46. The van der Waals surface area contributed by atoms with Crippen LogP contribution < -0.4 is 0 Å². The lowest BCUT2D eigenvalue weighted by Crippen LogP contribution is -1.97. The minimum atomic E-state index is -0.823. The summed E-state index contributed by atoms with van der Waals surface area (Å²) in [6.45, 7) is 0. The van der Waals surface area contributed by atoms with E-state index in [2.05, 4.69) is 19.9 Å². The van der Waals surface area contributed by atoms with Crippen molar-refractivity contribution in [3.8, 4) is 11.6 Å². The predicted molar refractivity (Wildman–Crippen MR) is 79.5 cm³/mol. The van der Waals surface area contributed by atoms with Crippen LogP contribution in [0, 0.1) is 11.6 Å². The van der Waals surface area contributed by atoms with Gasteiger partial charge < -0.3 is 0 Å². The molecule has 1 saturated carbocycles. The van der Waals surface area contributed by atoms with Crippen molar-refractivity contribution in [3.63, 3.8) is 0 Å². The molecule has 2 unspecified atom stereocenters. The first-order chi connectivity index (χ1) is 11.2. The second-order valence-electron chi connectivity index (χ2n) is 5.50. The van der Waals surface area contributed by atoms with Crippen molar-refractivity contribution >= 4 is 0 Å². The standard InChI is InChI=1S/C17H12F2N4/c18-13-3-2-10(8-14(13)19)11-9-12(11)15-4-7-22-17(23-15)16-20-5-1-6-21-16/h1-8,11-12H,9H2. The third-order valence-corrected chi connectivity index (χ3v) is 3.99. The van der Waals surface area contributed by atoms with Crippen LogP contribution in [0.5, 0.6) is 0 Å². The molecule has 23 heavy (non-hydrogen) atoms. The number of rotatable bonds is 3. The fourth-order valence-corrected chi connectivity index (χ4v) is 2.73. The molecule has 2 heterocycles. The molecule has 1 aliphatic rings. The quantitative estimate of drug-likeness (QED) is 0.743. The van der Waals surface area contributed by atoms with Gasteiger partial charge in [0.25, 0.3) is 0 Å². The van der Waals surface area contributed by atoms with E-state index in [0.717, 1.165) is 17.7 Å². The highest BCUT2D eigenvalue weighted by Gasteiger charge is 2.41. The van der Waals surface area contributed by atoms with Gasteiger partial charge in [-0.25, -0.2) is 28.7 Å². The molecule has 114 valence electrons. The van der Waals surface area contributed by atoms with Gasteiger partial charge in [0.1, 0.15) is 0 Å². The summed E-state index contributed by atoms with van der Waals surface area (Å²) in [7, 11) is 0. The van der Waals surface area contributed by atoms with Gasteiger partial charge in [-0.3, -0.25) is 0 Å². The Morgan fingerprint density at radius 3 is 2.39 bits per heavy atom. The Balaban J connectivity index is 1.59.